The molecule has 0 fully saturated rings. The number of benzene rings is 1. The van der Waals surface area contributed by atoms with Crippen molar-refractivity contribution in [1.82, 2.24) is 5.32 Å². The molecule has 0 aliphatic heterocycles. The van der Waals surface area contributed by atoms with Gasteiger partial charge in [0.25, 0.3) is 0 Å². The maximum atomic E-state index is 6.41. The molecule has 0 spiro atoms. The first kappa shape index (κ1) is 14.9. The summed E-state index contributed by atoms with van der Waals surface area (Å²) in [6.07, 6.45) is 0. The van der Waals surface area contributed by atoms with Gasteiger partial charge < -0.3 is 5.32 Å². The molecule has 0 bridgehead atoms. The van der Waals surface area contributed by atoms with Crippen molar-refractivity contribution in [1.29, 1.82) is 0 Å². The Balaban J connectivity index is 2.54. The lowest BCUT2D eigenvalue weighted by Crippen LogP contribution is -2.17. The van der Waals surface area contributed by atoms with Crippen LogP contribution in [0.3, 0.4) is 0 Å². The number of rotatable bonds is 3. The molecule has 2 aromatic rings. The normalized spacial score (nSPS) is 12.7. The lowest BCUT2D eigenvalue weighted by atomic mass is 9.99. The van der Waals surface area contributed by atoms with Crippen LogP contribution in [-0.2, 0) is 0 Å². The van der Waals surface area contributed by atoms with E-state index in [0.29, 0.717) is 0 Å². The quantitative estimate of drug-likeness (QED) is 0.812. The Morgan fingerprint density at radius 3 is 2.21 bits per heavy atom. The molecule has 1 nitrogen and oxygen atoms in total. The Bertz CT molecular complexity index is 604. The van der Waals surface area contributed by atoms with Crippen molar-refractivity contribution >= 4 is 34.5 Å². The predicted octanol–water partition coefficient (Wildman–Crippen LogP) is 5.29. The molecule has 1 heterocycles. The van der Waals surface area contributed by atoms with Gasteiger partial charge in [0.05, 0.1) is 11.1 Å². The van der Waals surface area contributed by atoms with Crippen molar-refractivity contribution in [2.45, 2.75) is 26.8 Å². The second-order valence-corrected chi connectivity index (χ2v) is 6.47. The van der Waals surface area contributed by atoms with E-state index in [1.807, 2.05) is 20.0 Å². The van der Waals surface area contributed by atoms with Crippen LogP contribution in [0.5, 0.6) is 0 Å². The van der Waals surface area contributed by atoms with Gasteiger partial charge in [0.1, 0.15) is 0 Å². The van der Waals surface area contributed by atoms with Crippen LogP contribution in [0.4, 0.5) is 0 Å². The van der Waals surface area contributed by atoms with Crippen LogP contribution >= 0.6 is 34.5 Å². The lowest BCUT2D eigenvalue weighted by molar-refractivity contribution is 0.703. The zero-order chi connectivity index (χ0) is 14.2. The summed E-state index contributed by atoms with van der Waals surface area (Å²) in [7, 11) is 1.93. The second-order valence-electron chi connectivity index (χ2n) is 4.78. The smallest absolute Gasteiger partial charge is 0.0698 e. The van der Waals surface area contributed by atoms with Crippen molar-refractivity contribution in [2.24, 2.45) is 0 Å². The monoisotopic (exact) mass is 313 g/mol. The van der Waals surface area contributed by atoms with E-state index in [1.165, 1.54) is 11.1 Å². The molecule has 4 heteroatoms. The summed E-state index contributed by atoms with van der Waals surface area (Å²) in [6.45, 7) is 6.20. The van der Waals surface area contributed by atoms with Gasteiger partial charge in [-0.3, -0.25) is 0 Å². The Kier molecular flexibility index (Phi) is 4.57. The Morgan fingerprint density at radius 1 is 1.05 bits per heavy atom. The second kappa shape index (κ2) is 5.84. The third-order valence-corrected chi connectivity index (χ3v) is 5.51. The molecule has 0 aliphatic carbocycles. The van der Waals surface area contributed by atoms with Crippen LogP contribution in [0.15, 0.2) is 17.5 Å². The molecule has 0 radical (unpaired) electrons. The van der Waals surface area contributed by atoms with Crippen LogP contribution in [0, 0.1) is 20.8 Å². The summed E-state index contributed by atoms with van der Waals surface area (Å²) >= 11 is 14.5. The molecule has 0 saturated carbocycles. The lowest BCUT2D eigenvalue weighted by Gasteiger charge is -2.19. The highest BCUT2D eigenvalue weighted by Gasteiger charge is 2.21. The fraction of sp³-hybridized carbons (Fsp3) is 0.333. The molecule has 1 unspecified atom stereocenters. The molecule has 0 amide bonds. The number of aryl methyl sites for hydroxylation is 3. The van der Waals surface area contributed by atoms with Crippen LogP contribution in [-0.4, -0.2) is 7.05 Å². The standard InChI is InChI=1S/C15H17Cl2NS/c1-8-5-11(12(16)6-9(8)2)14(18-4)15-13(17)10(3)7-19-15/h5-7,14,18H,1-4H3. The highest BCUT2D eigenvalue weighted by Crippen LogP contribution is 2.38. The van der Waals surface area contributed by atoms with E-state index in [2.05, 4.69) is 30.6 Å². The average Bonchev–Trinajstić information content (AvgIpc) is 2.68. The van der Waals surface area contributed by atoms with Crippen molar-refractivity contribution in [3.05, 3.63) is 54.7 Å². The molecule has 1 N–H and O–H groups in total. The summed E-state index contributed by atoms with van der Waals surface area (Å²) in [4.78, 5) is 1.12. The van der Waals surface area contributed by atoms with Gasteiger partial charge in [-0.05, 0) is 61.5 Å². The third kappa shape index (κ3) is 2.82. The van der Waals surface area contributed by atoms with Gasteiger partial charge in [0, 0.05) is 9.90 Å². The molecule has 19 heavy (non-hydrogen) atoms. The third-order valence-electron chi connectivity index (χ3n) is 3.40. The van der Waals surface area contributed by atoms with E-state index < -0.39 is 0 Å². The molecule has 2 rings (SSSR count). The first-order chi connectivity index (χ1) is 8.95. The van der Waals surface area contributed by atoms with E-state index in [0.717, 1.165) is 26.0 Å². The summed E-state index contributed by atoms with van der Waals surface area (Å²) in [6, 6.07) is 4.20. The van der Waals surface area contributed by atoms with E-state index in [9.17, 15) is 0 Å². The fourth-order valence-corrected chi connectivity index (χ4v) is 3.85. The Labute approximate surface area is 128 Å². The van der Waals surface area contributed by atoms with Gasteiger partial charge in [-0.2, -0.15) is 0 Å². The minimum absolute atomic E-state index is 0.0398. The van der Waals surface area contributed by atoms with Gasteiger partial charge >= 0.3 is 0 Å². The van der Waals surface area contributed by atoms with Gasteiger partial charge in [0.2, 0.25) is 0 Å². The van der Waals surface area contributed by atoms with E-state index in [1.54, 1.807) is 11.3 Å². The van der Waals surface area contributed by atoms with Gasteiger partial charge in [-0.25, -0.2) is 0 Å². The first-order valence-electron chi connectivity index (χ1n) is 6.13. The number of nitrogens with one attached hydrogen (secondary N) is 1. The molecule has 0 saturated heterocycles. The highest BCUT2D eigenvalue weighted by molar-refractivity contribution is 7.10. The summed E-state index contributed by atoms with van der Waals surface area (Å²) in [5.41, 5.74) is 4.64. The number of thiophene rings is 1. The minimum atomic E-state index is 0.0398. The molecule has 1 aromatic heterocycles. The SMILES string of the molecule is CNC(c1cc(C)c(C)cc1Cl)c1scc(C)c1Cl. The van der Waals surface area contributed by atoms with Crippen molar-refractivity contribution in [3.8, 4) is 0 Å². The van der Waals surface area contributed by atoms with Gasteiger partial charge in [-0.15, -0.1) is 11.3 Å². The van der Waals surface area contributed by atoms with Crippen LogP contribution in [0.2, 0.25) is 10.0 Å². The van der Waals surface area contributed by atoms with Crippen LogP contribution < -0.4 is 5.32 Å². The zero-order valence-electron chi connectivity index (χ0n) is 11.5. The Morgan fingerprint density at radius 2 is 1.68 bits per heavy atom. The minimum Gasteiger partial charge on any atom is -0.309 e. The van der Waals surface area contributed by atoms with Gasteiger partial charge in [-0.1, -0.05) is 29.3 Å². The van der Waals surface area contributed by atoms with Crippen molar-refractivity contribution in [2.75, 3.05) is 7.05 Å². The molecular formula is C15H17Cl2NS. The molecule has 102 valence electrons. The summed E-state index contributed by atoms with van der Waals surface area (Å²) < 4.78 is 0. The number of hydrogen-bond acceptors (Lipinski definition) is 2. The molecule has 1 aromatic carbocycles. The maximum Gasteiger partial charge on any atom is 0.0698 e. The highest BCUT2D eigenvalue weighted by atomic mass is 35.5. The molecule has 0 aliphatic rings. The van der Waals surface area contributed by atoms with Crippen molar-refractivity contribution in [3.63, 3.8) is 0 Å². The van der Waals surface area contributed by atoms with Crippen LogP contribution in [0.25, 0.3) is 0 Å². The zero-order valence-corrected chi connectivity index (χ0v) is 13.8. The molecular weight excluding hydrogens is 297 g/mol. The summed E-state index contributed by atoms with van der Waals surface area (Å²) in [5.74, 6) is 0. The average molecular weight is 314 g/mol. The van der Waals surface area contributed by atoms with Crippen LogP contribution in [0.1, 0.15) is 33.2 Å². The van der Waals surface area contributed by atoms with E-state index in [4.69, 9.17) is 23.2 Å². The number of hydrogen-bond donors (Lipinski definition) is 1. The first-order valence-corrected chi connectivity index (χ1v) is 7.76. The van der Waals surface area contributed by atoms with Gasteiger partial charge in [0.15, 0.2) is 0 Å². The van der Waals surface area contributed by atoms with E-state index >= 15 is 0 Å². The van der Waals surface area contributed by atoms with E-state index in [-0.39, 0.29) is 6.04 Å². The topological polar surface area (TPSA) is 12.0 Å². The largest absolute Gasteiger partial charge is 0.309 e. The van der Waals surface area contributed by atoms with Crippen molar-refractivity contribution < 1.29 is 0 Å². The molecule has 1 atom stereocenters. The maximum absolute atomic E-state index is 6.41. The fourth-order valence-electron chi connectivity index (χ4n) is 2.10. The Hall–Kier alpha value is -0.540. The number of halogens is 2. The summed E-state index contributed by atoms with van der Waals surface area (Å²) in [5, 5.41) is 7.01. The predicted molar refractivity (Wildman–Crippen MR) is 85.9 cm³/mol.